The fraction of sp³-hybridized carbons (Fsp3) is 0.0345. The van der Waals surface area contributed by atoms with Gasteiger partial charge in [-0.2, -0.15) is 0 Å². The molecule has 0 atom stereocenters. The van der Waals surface area contributed by atoms with E-state index in [1.807, 2.05) is 42.6 Å². The fourth-order valence-electron chi connectivity index (χ4n) is 4.44. The summed E-state index contributed by atoms with van der Waals surface area (Å²) in [5, 5.41) is 12.6. The zero-order valence-electron chi connectivity index (χ0n) is 18.1. The minimum Gasteiger partial charge on any atom is -0.507 e. The lowest BCUT2D eigenvalue weighted by atomic mass is 10.1. The summed E-state index contributed by atoms with van der Waals surface area (Å²) in [5.74, 6) is 0.222. The number of para-hydroxylation sites is 2. The number of rotatable bonds is 3. The number of nitrogens with zero attached hydrogens (tertiary/aromatic N) is 3. The van der Waals surface area contributed by atoms with Gasteiger partial charge in [0, 0.05) is 33.8 Å². The summed E-state index contributed by atoms with van der Waals surface area (Å²) >= 11 is 0. The van der Waals surface area contributed by atoms with Crippen molar-refractivity contribution in [1.82, 2.24) is 14.5 Å². The van der Waals surface area contributed by atoms with Crippen LogP contribution in [0.1, 0.15) is 5.56 Å². The Morgan fingerprint density at radius 1 is 0.727 bits per heavy atom. The molecule has 0 radical (unpaired) electrons. The van der Waals surface area contributed by atoms with E-state index in [-0.39, 0.29) is 5.75 Å². The van der Waals surface area contributed by atoms with Crippen molar-refractivity contribution < 1.29 is 5.11 Å². The SMILES string of the molecule is Cc1ccnc(-c2cccc(-n3c4ccccc4c4ccc(-c5ccccc5O)nc43)c2)c1. The molecule has 4 heteroatoms. The molecule has 0 saturated heterocycles. The number of phenolic OH excluding ortho intramolecular Hbond substituents is 1. The fourth-order valence-corrected chi connectivity index (χ4v) is 4.44. The van der Waals surface area contributed by atoms with Crippen LogP contribution in [0.25, 0.3) is 50.1 Å². The molecule has 0 unspecified atom stereocenters. The number of fused-ring (bicyclic) bond motifs is 3. The van der Waals surface area contributed by atoms with Crippen LogP contribution >= 0.6 is 0 Å². The van der Waals surface area contributed by atoms with Crippen molar-refractivity contribution in [3.8, 4) is 34.0 Å². The van der Waals surface area contributed by atoms with Crippen LogP contribution in [0.2, 0.25) is 0 Å². The lowest BCUT2D eigenvalue weighted by molar-refractivity contribution is 0.477. The molecule has 0 saturated carbocycles. The second kappa shape index (κ2) is 7.61. The molecule has 3 aromatic carbocycles. The van der Waals surface area contributed by atoms with Crippen molar-refractivity contribution >= 4 is 21.9 Å². The number of phenols is 1. The molecule has 6 rings (SSSR count). The summed E-state index contributed by atoms with van der Waals surface area (Å²) in [6.45, 7) is 2.08. The molecule has 0 aliphatic rings. The van der Waals surface area contributed by atoms with Crippen LogP contribution in [0, 0.1) is 6.92 Å². The Bertz CT molecular complexity index is 1650. The van der Waals surface area contributed by atoms with E-state index in [0.717, 1.165) is 44.6 Å². The standard InChI is InChI=1S/C29H21N3O/c1-19-15-16-30-26(17-19)20-7-6-8-21(18-20)32-27-11-4-2-9-22(27)23-13-14-25(31-29(23)32)24-10-3-5-12-28(24)33/h2-18,33H,1H3. The molecule has 0 aliphatic heterocycles. The van der Waals surface area contributed by atoms with Crippen molar-refractivity contribution in [1.29, 1.82) is 0 Å². The average Bonchev–Trinajstić information content (AvgIpc) is 3.18. The lowest BCUT2D eigenvalue weighted by Gasteiger charge is -2.10. The van der Waals surface area contributed by atoms with E-state index in [1.54, 1.807) is 6.07 Å². The Labute approximate surface area is 191 Å². The molecular formula is C29H21N3O. The number of hydrogen-bond acceptors (Lipinski definition) is 3. The lowest BCUT2D eigenvalue weighted by Crippen LogP contribution is -1.97. The third-order valence-electron chi connectivity index (χ3n) is 6.02. The quantitative estimate of drug-likeness (QED) is 0.333. The summed E-state index contributed by atoms with van der Waals surface area (Å²) in [6.07, 6.45) is 1.85. The van der Waals surface area contributed by atoms with Gasteiger partial charge in [-0.1, -0.05) is 42.5 Å². The highest BCUT2D eigenvalue weighted by Gasteiger charge is 2.16. The minimum absolute atomic E-state index is 0.222. The number of aromatic hydroxyl groups is 1. The highest BCUT2D eigenvalue weighted by atomic mass is 16.3. The zero-order valence-corrected chi connectivity index (χ0v) is 18.1. The average molecular weight is 428 g/mol. The van der Waals surface area contributed by atoms with Crippen LogP contribution in [0.3, 0.4) is 0 Å². The van der Waals surface area contributed by atoms with E-state index in [9.17, 15) is 5.11 Å². The van der Waals surface area contributed by atoms with Crippen LogP contribution < -0.4 is 0 Å². The Morgan fingerprint density at radius 3 is 2.45 bits per heavy atom. The largest absolute Gasteiger partial charge is 0.507 e. The third kappa shape index (κ3) is 3.24. The topological polar surface area (TPSA) is 50.9 Å². The number of hydrogen-bond donors (Lipinski definition) is 1. The van der Waals surface area contributed by atoms with E-state index < -0.39 is 0 Å². The van der Waals surface area contributed by atoms with Gasteiger partial charge in [-0.3, -0.25) is 9.55 Å². The van der Waals surface area contributed by atoms with Gasteiger partial charge in [-0.05, 0) is 67.1 Å². The maximum atomic E-state index is 10.4. The second-order valence-electron chi connectivity index (χ2n) is 8.21. The van der Waals surface area contributed by atoms with Crippen molar-refractivity contribution in [2.45, 2.75) is 6.92 Å². The van der Waals surface area contributed by atoms with Crippen molar-refractivity contribution in [3.05, 3.63) is 109 Å². The monoisotopic (exact) mass is 427 g/mol. The number of aryl methyl sites for hydroxylation is 1. The highest BCUT2D eigenvalue weighted by molar-refractivity contribution is 6.08. The molecule has 1 N–H and O–H groups in total. The first-order valence-corrected chi connectivity index (χ1v) is 10.9. The molecule has 0 spiro atoms. The molecule has 0 amide bonds. The molecule has 6 aromatic rings. The molecule has 0 fully saturated rings. The van der Waals surface area contributed by atoms with Gasteiger partial charge in [-0.15, -0.1) is 0 Å². The van der Waals surface area contributed by atoms with Gasteiger partial charge in [-0.25, -0.2) is 4.98 Å². The van der Waals surface area contributed by atoms with Crippen LogP contribution in [-0.2, 0) is 0 Å². The molecular weight excluding hydrogens is 406 g/mol. The van der Waals surface area contributed by atoms with Crippen molar-refractivity contribution in [2.24, 2.45) is 0 Å². The predicted molar refractivity (Wildman–Crippen MR) is 134 cm³/mol. The maximum absolute atomic E-state index is 10.4. The Balaban J connectivity index is 1.62. The summed E-state index contributed by atoms with van der Waals surface area (Å²) in [6, 6.07) is 32.2. The first-order chi connectivity index (χ1) is 16.2. The van der Waals surface area contributed by atoms with Gasteiger partial charge in [0.1, 0.15) is 11.4 Å². The maximum Gasteiger partial charge on any atom is 0.146 e. The Hall–Kier alpha value is -4.44. The smallest absolute Gasteiger partial charge is 0.146 e. The molecule has 4 nitrogen and oxygen atoms in total. The molecule has 0 aliphatic carbocycles. The normalized spacial score (nSPS) is 11.3. The van der Waals surface area contributed by atoms with Gasteiger partial charge in [0.05, 0.1) is 16.9 Å². The van der Waals surface area contributed by atoms with Crippen LogP contribution in [-0.4, -0.2) is 19.6 Å². The Kier molecular flexibility index (Phi) is 4.44. The van der Waals surface area contributed by atoms with Gasteiger partial charge < -0.3 is 5.11 Å². The van der Waals surface area contributed by atoms with Gasteiger partial charge >= 0.3 is 0 Å². The van der Waals surface area contributed by atoms with Crippen LogP contribution in [0.4, 0.5) is 0 Å². The first-order valence-electron chi connectivity index (χ1n) is 10.9. The third-order valence-corrected chi connectivity index (χ3v) is 6.02. The van der Waals surface area contributed by atoms with Crippen molar-refractivity contribution in [3.63, 3.8) is 0 Å². The summed E-state index contributed by atoms with van der Waals surface area (Å²) in [7, 11) is 0. The van der Waals surface area contributed by atoms with Crippen molar-refractivity contribution in [2.75, 3.05) is 0 Å². The van der Waals surface area contributed by atoms with E-state index >= 15 is 0 Å². The summed E-state index contributed by atoms with van der Waals surface area (Å²) < 4.78 is 2.19. The number of aromatic nitrogens is 3. The predicted octanol–water partition coefficient (Wildman–Crippen LogP) is 6.92. The number of benzene rings is 3. The van der Waals surface area contributed by atoms with Crippen LogP contribution in [0.5, 0.6) is 5.75 Å². The van der Waals surface area contributed by atoms with Gasteiger partial charge in [0.15, 0.2) is 0 Å². The van der Waals surface area contributed by atoms with Crippen LogP contribution in [0.15, 0.2) is 103 Å². The van der Waals surface area contributed by atoms with Gasteiger partial charge in [0.2, 0.25) is 0 Å². The second-order valence-corrected chi connectivity index (χ2v) is 8.21. The summed E-state index contributed by atoms with van der Waals surface area (Å²) in [5.41, 5.74) is 7.59. The molecule has 33 heavy (non-hydrogen) atoms. The molecule has 3 heterocycles. The molecule has 0 bridgehead atoms. The number of pyridine rings is 2. The Morgan fingerprint density at radius 2 is 1.58 bits per heavy atom. The first kappa shape index (κ1) is 19.3. The highest BCUT2D eigenvalue weighted by Crippen LogP contribution is 2.35. The van der Waals surface area contributed by atoms with E-state index in [0.29, 0.717) is 5.56 Å². The van der Waals surface area contributed by atoms with Gasteiger partial charge in [0.25, 0.3) is 0 Å². The summed E-state index contributed by atoms with van der Waals surface area (Å²) in [4.78, 5) is 9.59. The molecule has 3 aromatic heterocycles. The zero-order chi connectivity index (χ0) is 22.4. The van der Waals surface area contributed by atoms with E-state index in [4.69, 9.17) is 4.98 Å². The molecule has 158 valence electrons. The minimum atomic E-state index is 0.222. The van der Waals surface area contributed by atoms with E-state index in [2.05, 4.69) is 71.1 Å². The van der Waals surface area contributed by atoms with E-state index in [1.165, 1.54) is 5.56 Å².